The molecule has 0 bridgehead atoms. The summed E-state index contributed by atoms with van der Waals surface area (Å²) < 4.78 is 0. The number of aliphatic hydroxyl groups is 1. The van der Waals surface area contributed by atoms with Crippen LogP contribution in [0.3, 0.4) is 0 Å². The maximum Gasteiger partial charge on any atom is 0.321 e. The van der Waals surface area contributed by atoms with Gasteiger partial charge in [-0.05, 0) is 11.4 Å². The number of nitrogens with one attached hydrogen (secondary N) is 2. The van der Waals surface area contributed by atoms with Crippen molar-refractivity contribution in [3.63, 3.8) is 0 Å². The lowest BCUT2D eigenvalue weighted by Gasteiger charge is -2.08. The molecule has 1 aromatic heterocycles. The van der Waals surface area contributed by atoms with E-state index in [4.69, 9.17) is 5.11 Å². The molecule has 3 amide bonds. The van der Waals surface area contributed by atoms with E-state index in [-0.39, 0.29) is 23.5 Å². The highest BCUT2D eigenvalue weighted by Crippen LogP contribution is 2.08. The second-order valence-electron chi connectivity index (χ2n) is 3.61. The summed E-state index contributed by atoms with van der Waals surface area (Å²) in [5, 5.41) is 15.5. The average molecular weight is 288 g/mol. The Hall–Kier alpha value is -1.05. The third kappa shape index (κ3) is 6.04. The van der Waals surface area contributed by atoms with Gasteiger partial charge in [-0.1, -0.05) is 13.0 Å². The molecule has 0 aliphatic carbocycles. The normalized spacial score (nSPS) is 11.9. The highest BCUT2D eigenvalue weighted by molar-refractivity contribution is 8.00. The van der Waals surface area contributed by atoms with Gasteiger partial charge < -0.3 is 10.4 Å². The molecule has 3 N–H and O–H groups in total. The number of thioether (sulfide) groups is 1. The van der Waals surface area contributed by atoms with Crippen molar-refractivity contribution < 1.29 is 14.7 Å². The predicted molar refractivity (Wildman–Crippen MR) is 73.7 cm³/mol. The highest BCUT2D eigenvalue weighted by atomic mass is 32.2. The lowest BCUT2D eigenvalue weighted by Crippen LogP contribution is -2.40. The molecule has 5 nitrogen and oxygen atoms in total. The minimum atomic E-state index is -0.495. The van der Waals surface area contributed by atoms with E-state index in [0.29, 0.717) is 6.54 Å². The SMILES string of the molecule is CC(CO)SCC(=O)NC(=O)NCc1cccs1. The molecule has 0 aliphatic rings. The molecule has 0 saturated carbocycles. The lowest BCUT2D eigenvalue weighted by atomic mass is 10.5. The standard InChI is InChI=1S/C11H16N2O3S2/c1-8(6-14)18-7-10(15)13-11(16)12-5-9-3-2-4-17-9/h2-4,8,14H,5-7H2,1H3,(H2,12,13,15,16). The van der Waals surface area contributed by atoms with Crippen LogP contribution < -0.4 is 10.6 Å². The number of hydrogen-bond donors (Lipinski definition) is 3. The first kappa shape index (κ1) is 15.0. The van der Waals surface area contributed by atoms with E-state index in [0.717, 1.165) is 4.88 Å². The molecule has 1 unspecified atom stereocenters. The van der Waals surface area contributed by atoms with Gasteiger partial charge in [0.05, 0.1) is 18.9 Å². The predicted octanol–water partition coefficient (Wildman–Crippen LogP) is 1.19. The van der Waals surface area contributed by atoms with E-state index in [1.165, 1.54) is 11.8 Å². The number of rotatable bonds is 6. The smallest absolute Gasteiger partial charge is 0.321 e. The second kappa shape index (κ2) is 8.12. The highest BCUT2D eigenvalue weighted by Gasteiger charge is 2.09. The summed E-state index contributed by atoms with van der Waals surface area (Å²) in [7, 11) is 0. The Balaban J connectivity index is 2.17. The molecule has 0 aliphatic heterocycles. The number of urea groups is 1. The monoisotopic (exact) mass is 288 g/mol. The summed E-state index contributed by atoms with van der Waals surface area (Å²) in [6.07, 6.45) is 0. The Morgan fingerprint density at radius 2 is 2.33 bits per heavy atom. The molecule has 7 heteroatoms. The molecule has 1 atom stereocenters. The third-order valence-electron chi connectivity index (χ3n) is 2.01. The van der Waals surface area contributed by atoms with Crippen molar-refractivity contribution in [3.8, 4) is 0 Å². The quantitative estimate of drug-likeness (QED) is 0.734. The number of carbonyl (C=O) groups is 2. The Bertz CT molecular complexity index is 382. The van der Waals surface area contributed by atoms with Crippen molar-refractivity contribution in [1.82, 2.24) is 10.6 Å². The first-order valence-electron chi connectivity index (χ1n) is 5.44. The maximum atomic E-state index is 11.4. The number of carbonyl (C=O) groups excluding carboxylic acids is 2. The van der Waals surface area contributed by atoms with Crippen molar-refractivity contribution in [2.24, 2.45) is 0 Å². The molecule has 0 aromatic carbocycles. The van der Waals surface area contributed by atoms with Gasteiger partial charge in [-0.15, -0.1) is 23.1 Å². The van der Waals surface area contributed by atoms with Crippen LogP contribution in [0.2, 0.25) is 0 Å². The van der Waals surface area contributed by atoms with Crippen LogP contribution in [0.4, 0.5) is 4.79 Å². The fourth-order valence-corrected chi connectivity index (χ4v) is 2.32. The van der Waals surface area contributed by atoms with E-state index in [1.54, 1.807) is 11.3 Å². The number of aliphatic hydroxyl groups excluding tert-OH is 1. The second-order valence-corrected chi connectivity index (χ2v) is 6.07. The molecule has 100 valence electrons. The van der Waals surface area contributed by atoms with Gasteiger partial charge >= 0.3 is 6.03 Å². The van der Waals surface area contributed by atoms with Crippen LogP contribution in [0.1, 0.15) is 11.8 Å². The third-order valence-corrected chi connectivity index (χ3v) is 4.04. The van der Waals surface area contributed by atoms with Crippen LogP contribution in [0.15, 0.2) is 17.5 Å². The van der Waals surface area contributed by atoms with Gasteiger partial charge in [0, 0.05) is 10.1 Å². The van der Waals surface area contributed by atoms with Gasteiger partial charge in [0.15, 0.2) is 0 Å². The summed E-state index contributed by atoms with van der Waals surface area (Å²) in [6, 6.07) is 3.31. The number of thiophene rings is 1. The van der Waals surface area contributed by atoms with Gasteiger partial charge in [-0.25, -0.2) is 4.79 Å². The van der Waals surface area contributed by atoms with Gasteiger partial charge in [0.1, 0.15) is 0 Å². The van der Waals surface area contributed by atoms with Crippen LogP contribution in [0.5, 0.6) is 0 Å². The fraction of sp³-hybridized carbons (Fsp3) is 0.455. The summed E-state index contributed by atoms with van der Waals surface area (Å²) >= 11 is 2.84. The lowest BCUT2D eigenvalue weighted by molar-refractivity contribution is -0.117. The maximum absolute atomic E-state index is 11.4. The zero-order chi connectivity index (χ0) is 13.4. The van der Waals surface area contributed by atoms with E-state index in [1.807, 2.05) is 24.4 Å². The summed E-state index contributed by atoms with van der Waals surface area (Å²) in [4.78, 5) is 23.8. The van der Waals surface area contributed by atoms with Crippen LogP contribution in [0, 0.1) is 0 Å². The van der Waals surface area contributed by atoms with Gasteiger partial charge in [-0.2, -0.15) is 0 Å². The van der Waals surface area contributed by atoms with E-state index in [9.17, 15) is 9.59 Å². The number of imide groups is 1. The zero-order valence-electron chi connectivity index (χ0n) is 10.0. The van der Waals surface area contributed by atoms with Crippen molar-refractivity contribution in [3.05, 3.63) is 22.4 Å². The summed E-state index contributed by atoms with van der Waals surface area (Å²) in [5.74, 6) is -0.197. The summed E-state index contributed by atoms with van der Waals surface area (Å²) in [5.41, 5.74) is 0. The molecule has 1 heterocycles. The van der Waals surface area contributed by atoms with Crippen LogP contribution in [0.25, 0.3) is 0 Å². The Morgan fingerprint density at radius 3 is 2.94 bits per heavy atom. The zero-order valence-corrected chi connectivity index (χ0v) is 11.6. The molecule has 0 spiro atoms. The van der Waals surface area contributed by atoms with E-state index >= 15 is 0 Å². The van der Waals surface area contributed by atoms with E-state index in [2.05, 4.69) is 10.6 Å². The van der Waals surface area contributed by atoms with Crippen molar-refractivity contribution in [2.45, 2.75) is 18.7 Å². The largest absolute Gasteiger partial charge is 0.395 e. The average Bonchev–Trinajstić information content (AvgIpc) is 2.86. The molecule has 1 aromatic rings. The Labute approximate surface area is 114 Å². The minimum Gasteiger partial charge on any atom is -0.395 e. The first-order chi connectivity index (χ1) is 8.61. The van der Waals surface area contributed by atoms with Gasteiger partial charge in [-0.3, -0.25) is 10.1 Å². The Kier molecular flexibility index (Phi) is 6.77. The fourth-order valence-electron chi connectivity index (χ4n) is 1.06. The van der Waals surface area contributed by atoms with Crippen LogP contribution >= 0.6 is 23.1 Å². The molecule has 0 fully saturated rings. The van der Waals surface area contributed by atoms with Crippen molar-refractivity contribution >= 4 is 35.0 Å². The molecule has 18 heavy (non-hydrogen) atoms. The Morgan fingerprint density at radius 1 is 1.56 bits per heavy atom. The first-order valence-corrected chi connectivity index (χ1v) is 7.37. The van der Waals surface area contributed by atoms with Gasteiger partial charge in [0.25, 0.3) is 0 Å². The molecule has 0 radical (unpaired) electrons. The van der Waals surface area contributed by atoms with Crippen LogP contribution in [-0.4, -0.2) is 34.7 Å². The molecular weight excluding hydrogens is 272 g/mol. The van der Waals surface area contributed by atoms with Crippen LogP contribution in [-0.2, 0) is 11.3 Å². The topological polar surface area (TPSA) is 78.4 Å². The van der Waals surface area contributed by atoms with Crippen molar-refractivity contribution in [2.75, 3.05) is 12.4 Å². The minimum absolute atomic E-state index is 0.00932. The van der Waals surface area contributed by atoms with Gasteiger partial charge in [0.2, 0.25) is 5.91 Å². The number of amides is 3. The molecule has 0 saturated heterocycles. The van der Waals surface area contributed by atoms with Crippen molar-refractivity contribution in [1.29, 1.82) is 0 Å². The number of hydrogen-bond acceptors (Lipinski definition) is 5. The molecular formula is C11H16N2O3S2. The molecule has 1 rings (SSSR count). The van der Waals surface area contributed by atoms with E-state index < -0.39 is 6.03 Å². The summed E-state index contributed by atoms with van der Waals surface area (Å²) in [6.45, 7) is 2.24.